The molecule has 0 spiro atoms. The second-order valence-electron chi connectivity index (χ2n) is 3.37. The van der Waals surface area contributed by atoms with Crippen LogP contribution < -0.4 is 5.32 Å². The molecule has 4 heteroatoms. The van der Waals surface area contributed by atoms with E-state index in [1.54, 1.807) is 12.4 Å². The van der Waals surface area contributed by atoms with Gasteiger partial charge in [-0.1, -0.05) is 0 Å². The smallest absolute Gasteiger partial charge is 0.257 e. The molecule has 0 aliphatic rings. The number of hydrogen-bond donors (Lipinski definition) is 2. The summed E-state index contributed by atoms with van der Waals surface area (Å²) in [5.41, 5.74) is -0.881. The highest BCUT2D eigenvalue weighted by molar-refractivity contribution is 5.83. The fourth-order valence-corrected chi connectivity index (χ4v) is 0.861. The number of halogens is 1. The molecule has 1 aromatic heterocycles. The lowest BCUT2D eigenvalue weighted by molar-refractivity contribution is -0.130. The number of carbonyl (C=O) groups is 1. The van der Waals surface area contributed by atoms with Gasteiger partial charge in [0.15, 0.2) is 5.67 Å². The van der Waals surface area contributed by atoms with E-state index in [1.807, 2.05) is 6.07 Å². The van der Waals surface area contributed by atoms with Gasteiger partial charge in [-0.05, 0) is 25.5 Å². The molecule has 0 saturated heterocycles. The first-order valence-electron chi connectivity index (χ1n) is 4.09. The van der Waals surface area contributed by atoms with E-state index in [1.165, 1.54) is 13.8 Å². The van der Waals surface area contributed by atoms with Crippen molar-refractivity contribution in [2.45, 2.75) is 26.1 Å². The number of rotatable bonds is 3. The van der Waals surface area contributed by atoms with Crippen LogP contribution in [0.25, 0.3) is 0 Å². The number of hydrogen-bond acceptors (Lipinski definition) is 1. The van der Waals surface area contributed by atoms with Crippen molar-refractivity contribution in [3.63, 3.8) is 0 Å². The summed E-state index contributed by atoms with van der Waals surface area (Å²) in [6.45, 7) is 2.83. The van der Waals surface area contributed by atoms with Crippen molar-refractivity contribution in [2.75, 3.05) is 0 Å². The molecule has 2 N–H and O–H groups in total. The van der Waals surface area contributed by atoms with Crippen molar-refractivity contribution in [3.05, 3.63) is 24.0 Å². The van der Waals surface area contributed by atoms with Gasteiger partial charge < -0.3 is 10.3 Å². The third kappa shape index (κ3) is 2.89. The molecule has 0 atom stereocenters. The Bertz CT molecular complexity index is 274. The van der Waals surface area contributed by atoms with Gasteiger partial charge in [0.1, 0.15) is 0 Å². The van der Waals surface area contributed by atoms with E-state index in [-0.39, 0.29) is 0 Å². The van der Waals surface area contributed by atoms with Crippen LogP contribution in [0.1, 0.15) is 19.4 Å². The number of aromatic nitrogens is 1. The first-order valence-corrected chi connectivity index (χ1v) is 4.09. The number of aromatic amines is 1. The highest BCUT2D eigenvalue weighted by atomic mass is 19.1. The van der Waals surface area contributed by atoms with Gasteiger partial charge in [0.25, 0.3) is 5.91 Å². The summed E-state index contributed by atoms with van der Waals surface area (Å²) in [6.07, 6.45) is 3.51. The van der Waals surface area contributed by atoms with E-state index in [0.29, 0.717) is 6.54 Å². The van der Waals surface area contributed by atoms with E-state index >= 15 is 0 Å². The quantitative estimate of drug-likeness (QED) is 0.732. The van der Waals surface area contributed by atoms with E-state index in [4.69, 9.17) is 0 Å². The summed E-state index contributed by atoms with van der Waals surface area (Å²) in [4.78, 5) is 13.9. The third-order valence-corrected chi connectivity index (χ3v) is 1.66. The zero-order chi connectivity index (χ0) is 9.90. The van der Waals surface area contributed by atoms with Crippen molar-refractivity contribution in [1.82, 2.24) is 10.3 Å². The van der Waals surface area contributed by atoms with Gasteiger partial charge in [-0.2, -0.15) is 0 Å². The zero-order valence-corrected chi connectivity index (χ0v) is 7.73. The molecule has 0 aromatic carbocycles. The lowest BCUT2D eigenvalue weighted by atomic mass is 10.1. The second-order valence-corrected chi connectivity index (χ2v) is 3.37. The van der Waals surface area contributed by atoms with Gasteiger partial charge in [0.2, 0.25) is 0 Å². The van der Waals surface area contributed by atoms with Gasteiger partial charge in [0.05, 0.1) is 0 Å². The maximum atomic E-state index is 13.0. The number of carbonyl (C=O) groups excluding carboxylic acids is 1. The summed E-state index contributed by atoms with van der Waals surface area (Å²) in [5.74, 6) is -0.589. The molecule has 0 radical (unpaired) electrons. The van der Waals surface area contributed by atoms with E-state index < -0.39 is 11.6 Å². The van der Waals surface area contributed by atoms with Gasteiger partial charge in [0, 0.05) is 18.9 Å². The van der Waals surface area contributed by atoms with Crippen molar-refractivity contribution < 1.29 is 9.18 Å². The Morgan fingerprint density at radius 1 is 1.69 bits per heavy atom. The molecule has 0 bridgehead atoms. The summed E-state index contributed by atoms with van der Waals surface area (Å²) in [6, 6.07) is 1.82. The Morgan fingerprint density at radius 2 is 2.38 bits per heavy atom. The van der Waals surface area contributed by atoms with Crippen LogP contribution in [0.5, 0.6) is 0 Å². The summed E-state index contributed by atoms with van der Waals surface area (Å²) >= 11 is 0. The van der Waals surface area contributed by atoms with Crippen LogP contribution >= 0.6 is 0 Å². The average Bonchev–Trinajstić information content (AvgIpc) is 2.50. The van der Waals surface area contributed by atoms with Crippen molar-refractivity contribution in [2.24, 2.45) is 0 Å². The highest BCUT2D eigenvalue weighted by Crippen LogP contribution is 2.08. The summed E-state index contributed by atoms with van der Waals surface area (Å²) in [5, 5.41) is 2.49. The fourth-order valence-electron chi connectivity index (χ4n) is 0.861. The minimum Gasteiger partial charge on any atom is -0.367 e. The van der Waals surface area contributed by atoms with E-state index in [9.17, 15) is 9.18 Å². The second kappa shape index (κ2) is 3.60. The Hall–Kier alpha value is -1.32. The predicted molar refractivity (Wildman–Crippen MR) is 47.8 cm³/mol. The van der Waals surface area contributed by atoms with Crippen LogP contribution in [0.15, 0.2) is 18.5 Å². The Labute approximate surface area is 76.3 Å². The van der Waals surface area contributed by atoms with E-state index in [2.05, 4.69) is 10.3 Å². The summed E-state index contributed by atoms with van der Waals surface area (Å²) < 4.78 is 13.0. The lowest BCUT2D eigenvalue weighted by Gasteiger charge is -2.13. The van der Waals surface area contributed by atoms with Crippen LogP contribution in [-0.2, 0) is 11.3 Å². The molecule has 3 nitrogen and oxygen atoms in total. The standard InChI is InChI=1S/C9H13FN2O/c1-9(2,10)8(13)12-6-7-3-4-11-5-7/h3-5,11H,6H2,1-2H3,(H,12,13). The van der Waals surface area contributed by atoms with Crippen LogP contribution in [0.2, 0.25) is 0 Å². The van der Waals surface area contributed by atoms with Crippen LogP contribution in [-0.4, -0.2) is 16.6 Å². The normalized spacial score (nSPS) is 11.3. The fraction of sp³-hybridized carbons (Fsp3) is 0.444. The molecule has 0 aliphatic carbocycles. The zero-order valence-electron chi connectivity index (χ0n) is 7.73. The number of amides is 1. The van der Waals surface area contributed by atoms with Crippen molar-refractivity contribution in [1.29, 1.82) is 0 Å². The highest BCUT2D eigenvalue weighted by Gasteiger charge is 2.25. The average molecular weight is 184 g/mol. The van der Waals surface area contributed by atoms with Gasteiger partial charge in [-0.3, -0.25) is 4.79 Å². The van der Waals surface area contributed by atoms with Gasteiger partial charge >= 0.3 is 0 Å². The number of alkyl halides is 1. The maximum absolute atomic E-state index is 13.0. The van der Waals surface area contributed by atoms with Gasteiger partial charge in [-0.15, -0.1) is 0 Å². The van der Waals surface area contributed by atoms with Gasteiger partial charge in [-0.25, -0.2) is 4.39 Å². The predicted octanol–water partition coefficient (Wildman–Crippen LogP) is 1.38. The molecule has 13 heavy (non-hydrogen) atoms. The first kappa shape index (κ1) is 9.77. The Kier molecular flexibility index (Phi) is 2.70. The molecular formula is C9H13FN2O. The maximum Gasteiger partial charge on any atom is 0.257 e. The molecule has 0 unspecified atom stereocenters. The largest absolute Gasteiger partial charge is 0.367 e. The van der Waals surface area contributed by atoms with Crippen molar-refractivity contribution >= 4 is 5.91 Å². The topological polar surface area (TPSA) is 44.9 Å². The molecule has 0 aliphatic heterocycles. The van der Waals surface area contributed by atoms with Crippen LogP contribution in [0.4, 0.5) is 4.39 Å². The molecule has 0 saturated carbocycles. The van der Waals surface area contributed by atoms with E-state index in [0.717, 1.165) is 5.56 Å². The third-order valence-electron chi connectivity index (χ3n) is 1.66. The molecule has 1 amide bonds. The minimum atomic E-state index is -1.81. The van der Waals surface area contributed by atoms with Crippen molar-refractivity contribution in [3.8, 4) is 0 Å². The molecule has 72 valence electrons. The Morgan fingerprint density at radius 3 is 2.85 bits per heavy atom. The first-order chi connectivity index (χ1) is 6.00. The molecule has 1 aromatic rings. The van der Waals surface area contributed by atoms with Crippen LogP contribution in [0, 0.1) is 0 Å². The number of H-pyrrole nitrogens is 1. The molecular weight excluding hydrogens is 171 g/mol. The monoisotopic (exact) mass is 184 g/mol. The Balaban J connectivity index is 2.40. The number of nitrogens with one attached hydrogen (secondary N) is 2. The molecule has 1 rings (SSSR count). The molecule has 1 heterocycles. The lowest BCUT2D eigenvalue weighted by Crippen LogP contribution is -2.38. The summed E-state index contributed by atoms with van der Waals surface area (Å²) in [7, 11) is 0. The minimum absolute atomic E-state index is 0.357. The SMILES string of the molecule is CC(C)(F)C(=O)NCc1cc[nH]c1. The van der Waals surface area contributed by atoms with Crippen LogP contribution in [0.3, 0.4) is 0 Å². The molecule has 0 fully saturated rings.